The van der Waals surface area contributed by atoms with Gasteiger partial charge in [-0.25, -0.2) is 0 Å². The van der Waals surface area contributed by atoms with Crippen molar-refractivity contribution >= 4 is 23.2 Å². The highest BCUT2D eigenvalue weighted by Crippen LogP contribution is 2.29. The van der Waals surface area contributed by atoms with Crippen molar-refractivity contribution < 1.29 is 9.72 Å². The lowest BCUT2D eigenvalue weighted by molar-refractivity contribution is -0.385. The minimum absolute atomic E-state index is 0.000118. The molecule has 1 aromatic rings. The van der Waals surface area contributed by atoms with Crippen LogP contribution in [0.15, 0.2) is 18.2 Å². The number of piperazine rings is 1. The van der Waals surface area contributed by atoms with Gasteiger partial charge in [-0.05, 0) is 12.5 Å². The summed E-state index contributed by atoms with van der Waals surface area (Å²) in [5, 5.41) is 14.6. The van der Waals surface area contributed by atoms with Crippen molar-refractivity contribution in [1.29, 1.82) is 0 Å². The Morgan fingerprint density at radius 2 is 2.04 bits per heavy atom. The summed E-state index contributed by atoms with van der Waals surface area (Å²) in [6.45, 7) is 5.07. The van der Waals surface area contributed by atoms with Gasteiger partial charge >= 0.3 is 0 Å². The van der Waals surface area contributed by atoms with Gasteiger partial charge in [-0.15, -0.1) is 0 Å². The number of benzene rings is 1. The lowest BCUT2D eigenvalue weighted by Gasteiger charge is -2.32. The molecular formula is C15H19ClN4O3. The zero-order chi connectivity index (χ0) is 16.4. The maximum Gasteiger partial charge on any atom is 0.283 e. The Balaban J connectivity index is 1.76. The van der Waals surface area contributed by atoms with Gasteiger partial charge in [0.05, 0.1) is 9.95 Å². The van der Waals surface area contributed by atoms with E-state index in [9.17, 15) is 14.9 Å². The number of hydrogen-bond donors (Lipinski definition) is 1. The van der Waals surface area contributed by atoms with Crippen LogP contribution in [-0.4, -0.2) is 65.9 Å². The average Bonchev–Trinajstić information content (AvgIpc) is 3.05. The van der Waals surface area contributed by atoms with Crippen molar-refractivity contribution in [2.24, 2.45) is 0 Å². The molecule has 1 N–H and O–H groups in total. The topological polar surface area (TPSA) is 78.7 Å². The Kier molecular flexibility index (Phi) is 4.79. The minimum atomic E-state index is -0.553. The van der Waals surface area contributed by atoms with Crippen molar-refractivity contribution in [2.45, 2.75) is 12.5 Å². The summed E-state index contributed by atoms with van der Waals surface area (Å²) in [6.07, 6.45) is 0.893. The molecule has 0 aliphatic carbocycles. The summed E-state index contributed by atoms with van der Waals surface area (Å²) < 4.78 is 0. The lowest BCUT2D eigenvalue weighted by atomic mass is 10.1. The number of hydrogen-bond acceptors (Lipinski definition) is 5. The summed E-state index contributed by atoms with van der Waals surface area (Å²) in [7, 11) is 0. The molecule has 2 aliphatic rings. The van der Waals surface area contributed by atoms with E-state index in [4.69, 9.17) is 11.6 Å². The number of likely N-dealkylation sites (tertiary alicyclic amines) is 1. The third-order valence-electron chi connectivity index (χ3n) is 4.52. The first-order chi connectivity index (χ1) is 11.1. The van der Waals surface area contributed by atoms with Crippen LogP contribution in [0.2, 0.25) is 5.02 Å². The lowest BCUT2D eigenvalue weighted by Crippen LogP contribution is -2.49. The van der Waals surface area contributed by atoms with Gasteiger partial charge in [0.1, 0.15) is 5.56 Å². The third kappa shape index (κ3) is 3.31. The summed E-state index contributed by atoms with van der Waals surface area (Å²) in [5.41, 5.74) is -0.228. The van der Waals surface area contributed by atoms with E-state index in [0.29, 0.717) is 19.1 Å². The fraction of sp³-hybridized carbons (Fsp3) is 0.533. The number of nitro groups is 1. The highest BCUT2D eigenvalue weighted by molar-refractivity contribution is 6.34. The van der Waals surface area contributed by atoms with Crippen LogP contribution in [0.4, 0.5) is 5.69 Å². The molecule has 1 atom stereocenters. The van der Waals surface area contributed by atoms with Gasteiger partial charge in [-0.3, -0.25) is 19.8 Å². The van der Waals surface area contributed by atoms with Crippen molar-refractivity contribution in [3.8, 4) is 0 Å². The molecule has 124 valence electrons. The predicted octanol–water partition coefficient (Wildman–Crippen LogP) is 1.37. The number of nitrogens with one attached hydrogen (secondary N) is 1. The van der Waals surface area contributed by atoms with Crippen LogP contribution >= 0.6 is 11.6 Å². The second-order valence-corrected chi connectivity index (χ2v) is 6.28. The van der Waals surface area contributed by atoms with Crippen LogP contribution in [0.1, 0.15) is 16.8 Å². The number of nitro benzene ring substituents is 1. The quantitative estimate of drug-likeness (QED) is 0.665. The van der Waals surface area contributed by atoms with Crippen molar-refractivity contribution in [1.82, 2.24) is 15.1 Å². The molecule has 0 saturated carbocycles. The molecule has 0 bridgehead atoms. The largest absolute Gasteiger partial charge is 0.337 e. The normalized spacial score (nSPS) is 22.3. The van der Waals surface area contributed by atoms with Crippen molar-refractivity contribution in [2.75, 3.05) is 39.3 Å². The van der Waals surface area contributed by atoms with Gasteiger partial charge < -0.3 is 10.2 Å². The molecule has 8 heteroatoms. The van der Waals surface area contributed by atoms with Gasteiger partial charge in [0, 0.05) is 51.4 Å². The predicted molar refractivity (Wildman–Crippen MR) is 86.9 cm³/mol. The first-order valence-electron chi connectivity index (χ1n) is 7.75. The zero-order valence-corrected chi connectivity index (χ0v) is 13.5. The Morgan fingerprint density at radius 3 is 2.74 bits per heavy atom. The molecule has 2 aliphatic heterocycles. The maximum atomic E-state index is 12.7. The Morgan fingerprint density at radius 1 is 1.30 bits per heavy atom. The van der Waals surface area contributed by atoms with Gasteiger partial charge in [-0.2, -0.15) is 0 Å². The summed E-state index contributed by atoms with van der Waals surface area (Å²) in [4.78, 5) is 27.4. The number of carbonyl (C=O) groups is 1. The Hall–Kier alpha value is -1.70. The highest BCUT2D eigenvalue weighted by atomic mass is 35.5. The van der Waals surface area contributed by atoms with Gasteiger partial charge in [0.2, 0.25) is 0 Å². The van der Waals surface area contributed by atoms with E-state index in [1.54, 1.807) is 4.90 Å². The third-order valence-corrected chi connectivity index (χ3v) is 4.84. The van der Waals surface area contributed by atoms with Crippen molar-refractivity contribution in [3.05, 3.63) is 38.9 Å². The fourth-order valence-corrected chi connectivity index (χ4v) is 3.56. The van der Waals surface area contributed by atoms with Gasteiger partial charge in [0.15, 0.2) is 0 Å². The number of nitrogens with zero attached hydrogens (tertiary/aromatic N) is 3. The molecule has 1 amide bonds. The molecule has 1 unspecified atom stereocenters. The maximum absolute atomic E-state index is 12.7. The molecule has 23 heavy (non-hydrogen) atoms. The molecule has 3 rings (SSSR count). The van der Waals surface area contributed by atoms with E-state index in [-0.39, 0.29) is 22.2 Å². The molecule has 0 spiro atoms. The standard InChI is InChI=1S/C15H19ClN4O3/c16-12-2-1-3-13(20(22)23)14(12)15(21)19-7-4-11(10-19)18-8-5-17-6-9-18/h1-3,11,17H,4-10H2. The number of halogens is 1. The summed E-state index contributed by atoms with van der Waals surface area (Å²) >= 11 is 6.06. The first kappa shape index (κ1) is 16.2. The molecule has 0 aromatic heterocycles. The van der Waals surface area contributed by atoms with E-state index < -0.39 is 4.92 Å². The van der Waals surface area contributed by atoms with Gasteiger partial charge in [0.25, 0.3) is 11.6 Å². The smallest absolute Gasteiger partial charge is 0.283 e. The minimum Gasteiger partial charge on any atom is -0.337 e. The second-order valence-electron chi connectivity index (χ2n) is 5.87. The fourth-order valence-electron chi connectivity index (χ4n) is 3.31. The molecule has 2 saturated heterocycles. The second kappa shape index (κ2) is 6.82. The molecule has 1 aromatic carbocycles. The monoisotopic (exact) mass is 338 g/mol. The average molecular weight is 339 g/mol. The molecule has 2 fully saturated rings. The van der Waals surface area contributed by atoms with Crippen LogP contribution in [0, 0.1) is 10.1 Å². The van der Waals surface area contributed by atoms with Crippen LogP contribution in [0.5, 0.6) is 0 Å². The number of rotatable bonds is 3. The first-order valence-corrected chi connectivity index (χ1v) is 8.12. The number of amides is 1. The Bertz CT molecular complexity index is 619. The van der Waals surface area contributed by atoms with Crippen LogP contribution in [-0.2, 0) is 0 Å². The zero-order valence-electron chi connectivity index (χ0n) is 12.7. The molecule has 2 heterocycles. The number of carbonyl (C=O) groups excluding carboxylic acids is 1. The van der Waals surface area contributed by atoms with E-state index in [0.717, 1.165) is 32.6 Å². The van der Waals surface area contributed by atoms with E-state index >= 15 is 0 Å². The molecule has 7 nitrogen and oxygen atoms in total. The van der Waals surface area contributed by atoms with Crippen LogP contribution in [0.25, 0.3) is 0 Å². The van der Waals surface area contributed by atoms with Crippen molar-refractivity contribution in [3.63, 3.8) is 0 Å². The van der Waals surface area contributed by atoms with Gasteiger partial charge in [-0.1, -0.05) is 17.7 Å². The summed E-state index contributed by atoms with van der Waals surface area (Å²) in [5.74, 6) is -0.347. The van der Waals surface area contributed by atoms with E-state index in [2.05, 4.69) is 10.2 Å². The Labute approximate surface area is 139 Å². The highest BCUT2D eigenvalue weighted by Gasteiger charge is 2.34. The van der Waals surface area contributed by atoms with Crippen LogP contribution < -0.4 is 5.32 Å². The molecular weight excluding hydrogens is 320 g/mol. The van der Waals surface area contributed by atoms with E-state index in [1.165, 1.54) is 18.2 Å². The summed E-state index contributed by atoms with van der Waals surface area (Å²) in [6, 6.07) is 4.65. The SMILES string of the molecule is O=C(c1c(Cl)cccc1[N+](=O)[O-])N1CCC(N2CCNCC2)C1. The van der Waals surface area contributed by atoms with Crippen LogP contribution in [0.3, 0.4) is 0 Å². The molecule has 0 radical (unpaired) electrons. The van der Waals surface area contributed by atoms with E-state index in [1.807, 2.05) is 0 Å².